The third kappa shape index (κ3) is 5.57. The average Bonchev–Trinajstić information content (AvgIpc) is 3.17. The summed E-state index contributed by atoms with van der Waals surface area (Å²) in [5.74, 6) is -0.476. The molecule has 3 aliphatic rings. The second-order valence-corrected chi connectivity index (χ2v) is 9.33. The lowest BCUT2D eigenvalue weighted by atomic mass is 10.1. The van der Waals surface area contributed by atoms with Crippen LogP contribution in [0.4, 0.5) is 4.39 Å². The monoisotopic (exact) mass is 450 g/mol. The molecule has 2 amide bonds. The third-order valence-electron chi connectivity index (χ3n) is 6.92. The van der Waals surface area contributed by atoms with E-state index in [4.69, 9.17) is 11.6 Å². The molecule has 0 spiro atoms. The summed E-state index contributed by atoms with van der Waals surface area (Å²) in [6, 6.07) is 4.45. The van der Waals surface area contributed by atoms with E-state index in [1.54, 1.807) is 6.07 Å². The molecule has 8 heteroatoms. The maximum absolute atomic E-state index is 13.4. The van der Waals surface area contributed by atoms with Gasteiger partial charge in [0, 0.05) is 56.9 Å². The van der Waals surface area contributed by atoms with Gasteiger partial charge in [0.05, 0.1) is 12.5 Å². The van der Waals surface area contributed by atoms with Crippen LogP contribution in [0.3, 0.4) is 0 Å². The van der Waals surface area contributed by atoms with Gasteiger partial charge in [-0.25, -0.2) is 4.39 Å². The SMILES string of the molecule is O=C1NCCN(Cc2ccc(F)cc2Cl)C1CC(=O)N1CCCN(C2CCCC2)CC1. The summed E-state index contributed by atoms with van der Waals surface area (Å²) >= 11 is 6.20. The van der Waals surface area contributed by atoms with Gasteiger partial charge in [-0.2, -0.15) is 0 Å². The van der Waals surface area contributed by atoms with Crippen molar-refractivity contribution in [1.29, 1.82) is 0 Å². The molecule has 1 atom stereocenters. The smallest absolute Gasteiger partial charge is 0.237 e. The second-order valence-electron chi connectivity index (χ2n) is 8.93. The van der Waals surface area contributed by atoms with Gasteiger partial charge in [0.2, 0.25) is 11.8 Å². The molecular weight excluding hydrogens is 419 g/mol. The molecule has 1 unspecified atom stereocenters. The summed E-state index contributed by atoms with van der Waals surface area (Å²) < 4.78 is 13.4. The van der Waals surface area contributed by atoms with Crippen LogP contribution < -0.4 is 5.32 Å². The van der Waals surface area contributed by atoms with Gasteiger partial charge in [-0.05, 0) is 37.0 Å². The Bertz CT molecular complexity index is 802. The van der Waals surface area contributed by atoms with Crippen molar-refractivity contribution in [1.82, 2.24) is 20.0 Å². The van der Waals surface area contributed by atoms with Gasteiger partial charge in [0.25, 0.3) is 0 Å². The molecule has 31 heavy (non-hydrogen) atoms. The highest BCUT2D eigenvalue weighted by Gasteiger charge is 2.34. The number of nitrogens with one attached hydrogen (secondary N) is 1. The lowest BCUT2D eigenvalue weighted by molar-refractivity contribution is -0.139. The maximum Gasteiger partial charge on any atom is 0.237 e. The first-order valence-electron chi connectivity index (χ1n) is 11.5. The van der Waals surface area contributed by atoms with Crippen molar-refractivity contribution in [2.75, 3.05) is 39.3 Å². The van der Waals surface area contributed by atoms with E-state index >= 15 is 0 Å². The summed E-state index contributed by atoms with van der Waals surface area (Å²) in [5.41, 5.74) is 0.761. The van der Waals surface area contributed by atoms with Crippen molar-refractivity contribution in [2.45, 2.75) is 57.2 Å². The van der Waals surface area contributed by atoms with Gasteiger partial charge in [-0.15, -0.1) is 0 Å². The highest BCUT2D eigenvalue weighted by molar-refractivity contribution is 6.31. The molecule has 1 aromatic carbocycles. The fourth-order valence-corrected chi connectivity index (χ4v) is 5.38. The molecule has 0 aromatic heterocycles. The van der Waals surface area contributed by atoms with Gasteiger partial charge < -0.3 is 10.2 Å². The van der Waals surface area contributed by atoms with Crippen molar-refractivity contribution in [3.8, 4) is 0 Å². The highest BCUT2D eigenvalue weighted by atomic mass is 35.5. The number of benzene rings is 1. The van der Waals surface area contributed by atoms with Crippen molar-refractivity contribution in [3.05, 3.63) is 34.6 Å². The molecule has 2 heterocycles. The molecule has 170 valence electrons. The number of halogens is 2. The van der Waals surface area contributed by atoms with E-state index in [1.807, 2.05) is 9.80 Å². The number of carbonyl (C=O) groups is 2. The van der Waals surface area contributed by atoms with E-state index in [0.29, 0.717) is 30.7 Å². The molecule has 1 aromatic rings. The highest BCUT2D eigenvalue weighted by Crippen LogP contribution is 2.25. The number of hydrogen-bond acceptors (Lipinski definition) is 4. The van der Waals surface area contributed by atoms with Crippen LogP contribution in [0.2, 0.25) is 5.02 Å². The Hall–Kier alpha value is -1.70. The molecule has 1 N–H and O–H groups in total. The summed E-state index contributed by atoms with van der Waals surface area (Å²) in [4.78, 5) is 32.2. The summed E-state index contributed by atoms with van der Waals surface area (Å²) in [5, 5.41) is 3.23. The third-order valence-corrected chi connectivity index (χ3v) is 7.27. The van der Waals surface area contributed by atoms with E-state index in [9.17, 15) is 14.0 Å². The standard InChI is InChI=1S/C23H32ClFN4O2/c24-20-14-18(25)7-6-17(20)16-29-11-8-26-23(31)21(29)15-22(30)28-10-3-9-27(12-13-28)19-4-1-2-5-19/h6-7,14,19,21H,1-5,8-13,15-16H2,(H,26,31). The normalized spacial score (nSPS) is 24.3. The lowest BCUT2D eigenvalue weighted by Gasteiger charge is -2.36. The predicted octanol–water partition coefficient (Wildman–Crippen LogP) is 2.65. The van der Waals surface area contributed by atoms with Gasteiger partial charge in [0.15, 0.2) is 0 Å². The minimum atomic E-state index is -0.531. The van der Waals surface area contributed by atoms with Crippen molar-refractivity contribution < 1.29 is 14.0 Å². The van der Waals surface area contributed by atoms with Crippen LogP contribution in [0.15, 0.2) is 18.2 Å². The second kappa shape index (κ2) is 10.3. The molecule has 3 fully saturated rings. The molecule has 2 aliphatic heterocycles. The fourth-order valence-electron chi connectivity index (χ4n) is 5.16. The van der Waals surface area contributed by atoms with E-state index < -0.39 is 6.04 Å². The van der Waals surface area contributed by atoms with Crippen LogP contribution in [0.1, 0.15) is 44.1 Å². The number of rotatable bonds is 5. The van der Waals surface area contributed by atoms with Gasteiger partial charge >= 0.3 is 0 Å². The van der Waals surface area contributed by atoms with E-state index in [-0.39, 0.29) is 24.1 Å². The first-order valence-corrected chi connectivity index (χ1v) is 11.9. The Morgan fingerprint density at radius 1 is 1.10 bits per heavy atom. The first kappa shape index (κ1) is 22.5. The number of hydrogen-bond donors (Lipinski definition) is 1. The van der Waals surface area contributed by atoms with Crippen LogP contribution in [-0.4, -0.2) is 77.9 Å². The number of amides is 2. The fraction of sp³-hybridized carbons (Fsp3) is 0.652. The van der Waals surface area contributed by atoms with Crippen LogP contribution in [0.25, 0.3) is 0 Å². The molecule has 1 saturated carbocycles. The van der Waals surface area contributed by atoms with Crippen molar-refractivity contribution in [3.63, 3.8) is 0 Å². The molecule has 0 bridgehead atoms. The maximum atomic E-state index is 13.4. The van der Waals surface area contributed by atoms with Crippen LogP contribution >= 0.6 is 11.6 Å². The number of nitrogens with zero attached hydrogens (tertiary/aromatic N) is 3. The van der Waals surface area contributed by atoms with Gasteiger partial charge in [0.1, 0.15) is 5.82 Å². The molecule has 6 nitrogen and oxygen atoms in total. The Kier molecular flexibility index (Phi) is 7.46. The zero-order valence-electron chi connectivity index (χ0n) is 18.0. The number of carbonyl (C=O) groups excluding carboxylic acids is 2. The van der Waals surface area contributed by atoms with Crippen molar-refractivity contribution >= 4 is 23.4 Å². The zero-order valence-corrected chi connectivity index (χ0v) is 18.7. The Morgan fingerprint density at radius 2 is 1.90 bits per heavy atom. The molecule has 2 saturated heterocycles. The molecule has 0 radical (unpaired) electrons. The Balaban J connectivity index is 1.38. The van der Waals surface area contributed by atoms with E-state index in [1.165, 1.54) is 37.8 Å². The van der Waals surface area contributed by atoms with E-state index in [2.05, 4.69) is 10.2 Å². The van der Waals surface area contributed by atoms with E-state index in [0.717, 1.165) is 38.2 Å². The molecule has 4 rings (SSSR count). The van der Waals surface area contributed by atoms with Gasteiger partial charge in [-0.3, -0.25) is 19.4 Å². The summed E-state index contributed by atoms with van der Waals surface area (Å²) in [6.07, 6.45) is 6.32. The van der Waals surface area contributed by atoms with Crippen LogP contribution in [-0.2, 0) is 16.1 Å². The average molecular weight is 451 g/mol. The topological polar surface area (TPSA) is 55.9 Å². The number of piperazine rings is 1. The summed E-state index contributed by atoms with van der Waals surface area (Å²) in [7, 11) is 0. The first-order chi connectivity index (χ1) is 15.0. The Morgan fingerprint density at radius 3 is 2.68 bits per heavy atom. The van der Waals surface area contributed by atoms with Crippen LogP contribution in [0, 0.1) is 5.82 Å². The lowest BCUT2D eigenvalue weighted by Crippen LogP contribution is -2.56. The minimum absolute atomic E-state index is 0.0329. The predicted molar refractivity (Wildman–Crippen MR) is 118 cm³/mol. The minimum Gasteiger partial charge on any atom is -0.353 e. The quantitative estimate of drug-likeness (QED) is 0.749. The van der Waals surface area contributed by atoms with Crippen LogP contribution in [0.5, 0.6) is 0 Å². The van der Waals surface area contributed by atoms with Gasteiger partial charge in [-0.1, -0.05) is 30.5 Å². The molecule has 1 aliphatic carbocycles. The largest absolute Gasteiger partial charge is 0.353 e. The molecular formula is C23H32ClFN4O2. The zero-order chi connectivity index (χ0) is 21.8. The Labute approximate surface area is 188 Å². The summed E-state index contributed by atoms with van der Waals surface area (Å²) in [6.45, 7) is 5.03. The van der Waals surface area contributed by atoms with Crippen molar-refractivity contribution in [2.24, 2.45) is 0 Å².